The number of amides is 1. The average Bonchev–Trinajstić information content (AvgIpc) is 3.39. The van der Waals surface area contributed by atoms with Crippen LogP contribution in [0.2, 0.25) is 0 Å². The first-order valence-electron chi connectivity index (χ1n) is 8.18. The standard InChI is InChI=1S/C12H9NO2.C6H10N4O/c1-8-6-12(15-13-8)11-7-9-4-2-3-5-10(9)14-11;11-6-7-2-1-3-10-5-8-4-9-10/h2-7H,1H3;4-6H,1-3H2,(H,7,11). The molecular formula is C18H19N5O3. The minimum Gasteiger partial charge on any atom is -0.453 e. The smallest absolute Gasteiger partial charge is 0.207 e. The summed E-state index contributed by atoms with van der Waals surface area (Å²) in [5.41, 5.74) is 1.71. The molecule has 8 heteroatoms. The third-order valence-electron chi connectivity index (χ3n) is 3.55. The van der Waals surface area contributed by atoms with Crippen LogP contribution < -0.4 is 5.32 Å². The van der Waals surface area contributed by atoms with Gasteiger partial charge in [-0.25, -0.2) is 4.98 Å². The number of nitrogens with one attached hydrogen (secondary N) is 1. The van der Waals surface area contributed by atoms with Crippen LogP contribution in [0.3, 0.4) is 0 Å². The van der Waals surface area contributed by atoms with Gasteiger partial charge in [0.25, 0.3) is 0 Å². The van der Waals surface area contributed by atoms with Crippen molar-refractivity contribution in [1.82, 2.24) is 25.2 Å². The summed E-state index contributed by atoms with van der Waals surface area (Å²) in [6.45, 7) is 3.36. The highest BCUT2D eigenvalue weighted by Gasteiger charge is 2.09. The molecule has 1 aromatic carbocycles. The third kappa shape index (κ3) is 4.56. The molecular weight excluding hydrogens is 334 g/mol. The molecule has 3 aromatic heterocycles. The quantitative estimate of drug-likeness (QED) is 0.423. The monoisotopic (exact) mass is 353 g/mol. The van der Waals surface area contributed by atoms with Gasteiger partial charge in [0.15, 0.2) is 5.76 Å². The van der Waals surface area contributed by atoms with Gasteiger partial charge in [0.1, 0.15) is 18.2 Å². The van der Waals surface area contributed by atoms with Gasteiger partial charge in [0.2, 0.25) is 12.2 Å². The Bertz CT molecular complexity index is 910. The number of rotatable bonds is 6. The van der Waals surface area contributed by atoms with Crippen LogP contribution in [0.1, 0.15) is 12.1 Å². The van der Waals surface area contributed by atoms with Crippen LogP contribution in [0.4, 0.5) is 0 Å². The number of para-hydroxylation sites is 1. The third-order valence-corrected chi connectivity index (χ3v) is 3.55. The molecule has 4 aromatic rings. The Labute approximate surface area is 149 Å². The molecule has 8 nitrogen and oxygen atoms in total. The number of carbonyl (C=O) groups is 1. The SMILES string of the molecule is Cc1cc(-c2cc3ccccc3o2)on1.O=CNCCCn1cncn1. The summed E-state index contributed by atoms with van der Waals surface area (Å²) < 4.78 is 12.5. The Morgan fingerprint density at radius 2 is 2.12 bits per heavy atom. The number of benzene rings is 1. The summed E-state index contributed by atoms with van der Waals surface area (Å²) in [6.07, 6.45) is 4.72. The molecule has 1 amide bonds. The van der Waals surface area contributed by atoms with Crippen molar-refractivity contribution in [2.45, 2.75) is 19.9 Å². The molecule has 0 fully saturated rings. The first kappa shape index (κ1) is 17.4. The molecule has 0 atom stereocenters. The normalized spacial score (nSPS) is 10.3. The summed E-state index contributed by atoms with van der Waals surface area (Å²) in [7, 11) is 0. The molecule has 0 saturated carbocycles. The second kappa shape index (κ2) is 8.61. The minimum atomic E-state index is 0.670. The van der Waals surface area contributed by atoms with Gasteiger partial charge in [-0.15, -0.1) is 0 Å². The van der Waals surface area contributed by atoms with Crippen LogP contribution in [-0.4, -0.2) is 32.9 Å². The first-order valence-corrected chi connectivity index (χ1v) is 8.18. The molecule has 134 valence electrons. The number of aryl methyl sites for hydroxylation is 2. The molecule has 0 spiro atoms. The lowest BCUT2D eigenvalue weighted by Crippen LogP contribution is -2.14. The lowest BCUT2D eigenvalue weighted by Gasteiger charge is -1.98. The number of furan rings is 1. The van der Waals surface area contributed by atoms with Crippen molar-refractivity contribution in [3.05, 3.63) is 54.7 Å². The summed E-state index contributed by atoms with van der Waals surface area (Å²) in [6, 6.07) is 11.7. The number of hydrogen-bond donors (Lipinski definition) is 1. The first-order chi connectivity index (χ1) is 12.8. The van der Waals surface area contributed by atoms with E-state index in [1.54, 1.807) is 11.0 Å². The molecule has 0 aliphatic carbocycles. The second-order valence-electron chi connectivity index (χ2n) is 5.57. The number of hydrogen-bond acceptors (Lipinski definition) is 6. The van der Waals surface area contributed by atoms with E-state index in [4.69, 9.17) is 8.94 Å². The molecule has 0 aliphatic rings. The molecule has 0 saturated heterocycles. The van der Waals surface area contributed by atoms with Crippen molar-refractivity contribution in [1.29, 1.82) is 0 Å². The highest BCUT2D eigenvalue weighted by molar-refractivity contribution is 5.81. The molecule has 26 heavy (non-hydrogen) atoms. The predicted octanol–water partition coefficient (Wildman–Crippen LogP) is 2.81. The molecule has 3 heterocycles. The molecule has 0 radical (unpaired) electrons. The molecule has 0 bridgehead atoms. The number of fused-ring (bicyclic) bond motifs is 1. The highest BCUT2D eigenvalue weighted by atomic mass is 16.5. The fourth-order valence-corrected chi connectivity index (χ4v) is 2.33. The topological polar surface area (TPSA) is 99.0 Å². The van der Waals surface area contributed by atoms with E-state index in [0.29, 0.717) is 18.7 Å². The van der Waals surface area contributed by atoms with Crippen LogP contribution in [0, 0.1) is 6.92 Å². The zero-order valence-electron chi connectivity index (χ0n) is 14.3. The van der Waals surface area contributed by atoms with E-state index in [1.807, 2.05) is 43.3 Å². The van der Waals surface area contributed by atoms with E-state index < -0.39 is 0 Å². The van der Waals surface area contributed by atoms with Crippen LogP contribution in [0.15, 0.2) is 58.0 Å². The van der Waals surface area contributed by atoms with E-state index in [1.165, 1.54) is 6.33 Å². The van der Waals surface area contributed by atoms with Gasteiger partial charge >= 0.3 is 0 Å². The Hall–Kier alpha value is -3.42. The van der Waals surface area contributed by atoms with Crippen LogP contribution in [-0.2, 0) is 11.3 Å². The maximum Gasteiger partial charge on any atom is 0.207 e. The van der Waals surface area contributed by atoms with Crippen LogP contribution in [0.5, 0.6) is 0 Å². The predicted molar refractivity (Wildman–Crippen MR) is 95.2 cm³/mol. The maximum atomic E-state index is 9.82. The Balaban J connectivity index is 0.000000160. The zero-order valence-corrected chi connectivity index (χ0v) is 14.3. The van der Waals surface area contributed by atoms with Crippen molar-refractivity contribution in [2.75, 3.05) is 6.54 Å². The number of carbonyl (C=O) groups excluding carboxylic acids is 1. The summed E-state index contributed by atoms with van der Waals surface area (Å²) in [5.74, 6) is 1.39. The summed E-state index contributed by atoms with van der Waals surface area (Å²) in [5, 5.41) is 11.4. The van der Waals surface area contributed by atoms with Gasteiger partial charge in [-0.2, -0.15) is 5.10 Å². The molecule has 1 N–H and O–H groups in total. The molecule has 0 aliphatic heterocycles. The van der Waals surface area contributed by atoms with E-state index in [0.717, 1.165) is 35.4 Å². The lowest BCUT2D eigenvalue weighted by molar-refractivity contribution is -0.109. The fourth-order valence-electron chi connectivity index (χ4n) is 2.33. The van der Waals surface area contributed by atoms with Crippen molar-refractivity contribution >= 4 is 17.4 Å². The van der Waals surface area contributed by atoms with E-state index in [2.05, 4.69) is 20.6 Å². The van der Waals surface area contributed by atoms with Crippen molar-refractivity contribution in [2.24, 2.45) is 0 Å². The highest BCUT2D eigenvalue weighted by Crippen LogP contribution is 2.27. The minimum absolute atomic E-state index is 0.670. The van der Waals surface area contributed by atoms with E-state index in [-0.39, 0.29) is 0 Å². The van der Waals surface area contributed by atoms with Crippen molar-refractivity contribution < 1.29 is 13.7 Å². The van der Waals surface area contributed by atoms with Gasteiger partial charge in [-0.3, -0.25) is 9.48 Å². The van der Waals surface area contributed by atoms with Gasteiger partial charge < -0.3 is 14.3 Å². The molecule has 0 unspecified atom stereocenters. The summed E-state index contributed by atoms with van der Waals surface area (Å²) >= 11 is 0. The van der Waals surface area contributed by atoms with Gasteiger partial charge in [0.05, 0.1) is 5.69 Å². The van der Waals surface area contributed by atoms with Crippen LogP contribution >= 0.6 is 0 Å². The van der Waals surface area contributed by atoms with Gasteiger partial charge in [-0.1, -0.05) is 23.4 Å². The Morgan fingerprint density at radius 3 is 2.81 bits per heavy atom. The van der Waals surface area contributed by atoms with E-state index in [9.17, 15) is 4.79 Å². The van der Waals surface area contributed by atoms with Crippen molar-refractivity contribution in [3.63, 3.8) is 0 Å². The van der Waals surface area contributed by atoms with Crippen LogP contribution in [0.25, 0.3) is 22.5 Å². The average molecular weight is 353 g/mol. The Kier molecular flexibility index (Phi) is 5.76. The second-order valence-corrected chi connectivity index (χ2v) is 5.57. The van der Waals surface area contributed by atoms with Gasteiger partial charge in [-0.05, 0) is 25.5 Å². The number of aromatic nitrogens is 4. The Morgan fingerprint density at radius 1 is 1.23 bits per heavy atom. The lowest BCUT2D eigenvalue weighted by atomic mass is 10.2. The van der Waals surface area contributed by atoms with E-state index >= 15 is 0 Å². The largest absolute Gasteiger partial charge is 0.453 e. The fraction of sp³-hybridized carbons (Fsp3) is 0.222. The van der Waals surface area contributed by atoms with Gasteiger partial charge in [0, 0.05) is 24.5 Å². The maximum absolute atomic E-state index is 9.82. The summed E-state index contributed by atoms with van der Waals surface area (Å²) in [4.78, 5) is 13.6. The molecule has 4 rings (SSSR count). The number of nitrogens with zero attached hydrogens (tertiary/aromatic N) is 4. The zero-order chi connectivity index (χ0) is 18.2. The van der Waals surface area contributed by atoms with Crippen molar-refractivity contribution in [3.8, 4) is 11.5 Å².